The van der Waals surface area contributed by atoms with Crippen LogP contribution in [0.3, 0.4) is 0 Å². The number of unbranched alkanes of at least 4 members (excludes halogenated alkanes) is 1. The van der Waals surface area contributed by atoms with E-state index in [0.29, 0.717) is 13.0 Å². The molecule has 60 valence electrons. The Morgan fingerprint density at radius 2 is 2.55 bits per heavy atom. The highest BCUT2D eigenvalue weighted by atomic mass is 32.1. The molecule has 0 saturated heterocycles. The summed E-state index contributed by atoms with van der Waals surface area (Å²) in [6.07, 6.45) is 2.31. The minimum Gasteiger partial charge on any atom is -0.484 e. The van der Waals surface area contributed by atoms with Crippen LogP contribution in [0.4, 0.5) is 0 Å². The molecule has 1 rings (SSSR count). The first-order valence-corrected chi connectivity index (χ1v) is 4.41. The van der Waals surface area contributed by atoms with Gasteiger partial charge >= 0.3 is 0 Å². The Kier molecular flexibility index (Phi) is 3.69. The van der Waals surface area contributed by atoms with Crippen LogP contribution in [-0.4, -0.2) is 12.9 Å². The summed E-state index contributed by atoms with van der Waals surface area (Å²) in [6.45, 7) is 0.638. The van der Waals surface area contributed by atoms with Crippen molar-refractivity contribution in [3.05, 3.63) is 17.5 Å². The lowest BCUT2D eigenvalue weighted by Crippen LogP contribution is -1.95. The standard InChI is InChI=1S/C8H10O2S/c9-5-1-2-6-10-8-4-3-7-11-8/h3-5,7H,1-2,6H2. The number of carbonyl (C=O) groups excluding carboxylic acids is 1. The van der Waals surface area contributed by atoms with Crippen LogP contribution in [0.5, 0.6) is 5.06 Å². The van der Waals surface area contributed by atoms with E-state index in [1.165, 1.54) is 0 Å². The molecule has 0 radical (unpaired) electrons. The van der Waals surface area contributed by atoms with Crippen molar-refractivity contribution in [3.8, 4) is 5.06 Å². The Labute approximate surface area is 69.8 Å². The molecular weight excluding hydrogens is 160 g/mol. The maximum absolute atomic E-state index is 9.91. The van der Waals surface area contributed by atoms with E-state index in [1.807, 2.05) is 17.5 Å². The minimum atomic E-state index is 0.589. The predicted octanol–water partition coefficient (Wildman–Crippen LogP) is 2.11. The van der Waals surface area contributed by atoms with Gasteiger partial charge < -0.3 is 9.53 Å². The molecule has 0 unspecified atom stereocenters. The van der Waals surface area contributed by atoms with Crippen LogP contribution in [0.1, 0.15) is 12.8 Å². The van der Waals surface area contributed by atoms with Gasteiger partial charge in [0.2, 0.25) is 0 Å². The molecule has 0 aliphatic rings. The molecule has 0 saturated carbocycles. The van der Waals surface area contributed by atoms with Gasteiger partial charge in [-0.3, -0.25) is 0 Å². The third-order valence-electron chi connectivity index (χ3n) is 1.21. The van der Waals surface area contributed by atoms with Crippen molar-refractivity contribution < 1.29 is 9.53 Å². The van der Waals surface area contributed by atoms with E-state index in [4.69, 9.17) is 4.74 Å². The molecule has 0 fully saturated rings. The van der Waals surface area contributed by atoms with Crippen LogP contribution in [0.15, 0.2) is 17.5 Å². The van der Waals surface area contributed by atoms with E-state index < -0.39 is 0 Å². The quantitative estimate of drug-likeness (QED) is 0.499. The van der Waals surface area contributed by atoms with Crippen LogP contribution in [0.2, 0.25) is 0 Å². The molecule has 1 aromatic heterocycles. The third-order valence-corrected chi connectivity index (χ3v) is 1.99. The van der Waals surface area contributed by atoms with Crippen molar-refractivity contribution in [1.29, 1.82) is 0 Å². The van der Waals surface area contributed by atoms with E-state index in [0.717, 1.165) is 17.8 Å². The second-order valence-corrected chi connectivity index (χ2v) is 3.00. The average Bonchev–Trinajstić information content (AvgIpc) is 2.50. The first-order chi connectivity index (χ1) is 5.43. The molecule has 0 N–H and O–H groups in total. The fourth-order valence-electron chi connectivity index (χ4n) is 0.685. The summed E-state index contributed by atoms with van der Waals surface area (Å²) in [5.74, 6) is 0. The molecule has 0 amide bonds. The molecule has 3 heteroatoms. The molecule has 0 aliphatic carbocycles. The van der Waals surface area contributed by atoms with E-state index in [9.17, 15) is 4.79 Å². The molecule has 11 heavy (non-hydrogen) atoms. The number of hydrogen-bond acceptors (Lipinski definition) is 3. The lowest BCUT2D eigenvalue weighted by molar-refractivity contribution is -0.108. The highest BCUT2D eigenvalue weighted by Gasteiger charge is 1.91. The van der Waals surface area contributed by atoms with Gasteiger partial charge in [-0.2, -0.15) is 0 Å². The molecule has 0 spiro atoms. The van der Waals surface area contributed by atoms with Gasteiger partial charge in [0, 0.05) is 6.42 Å². The summed E-state index contributed by atoms with van der Waals surface area (Å²) in [5.41, 5.74) is 0. The van der Waals surface area contributed by atoms with Crippen LogP contribution < -0.4 is 4.74 Å². The van der Waals surface area contributed by atoms with E-state index >= 15 is 0 Å². The highest BCUT2D eigenvalue weighted by molar-refractivity contribution is 7.11. The molecule has 0 atom stereocenters. The topological polar surface area (TPSA) is 26.3 Å². The Morgan fingerprint density at radius 1 is 1.64 bits per heavy atom. The summed E-state index contributed by atoms with van der Waals surface area (Å²) < 4.78 is 5.31. The van der Waals surface area contributed by atoms with Crippen molar-refractivity contribution >= 4 is 17.6 Å². The number of carbonyl (C=O) groups is 1. The second-order valence-electron chi connectivity index (χ2n) is 2.09. The molecule has 1 heterocycles. The van der Waals surface area contributed by atoms with Gasteiger partial charge in [0.15, 0.2) is 5.06 Å². The van der Waals surface area contributed by atoms with Crippen LogP contribution in [0, 0.1) is 0 Å². The van der Waals surface area contributed by atoms with Crippen molar-refractivity contribution in [3.63, 3.8) is 0 Å². The number of ether oxygens (including phenoxy) is 1. The van der Waals surface area contributed by atoms with Gasteiger partial charge in [-0.1, -0.05) is 0 Å². The average molecular weight is 170 g/mol. The number of hydrogen-bond donors (Lipinski definition) is 0. The van der Waals surface area contributed by atoms with Gasteiger partial charge in [0.1, 0.15) is 6.29 Å². The zero-order valence-electron chi connectivity index (χ0n) is 6.16. The smallest absolute Gasteiger partial charge is 0.173 e. The Bertz CT molecular complexity index is 194. The van der Waals surface area contributed by atoms with Crippen molar-refractivity contribution in [2.75, 3.05) is 6.61 Å². The van der Waals surface area contributed by atoms with Gasteiger partial charge in [-0.05, 0) is 23.9 Å². The van der Waals surface area contributed by atoms with Crippen LogP contribution in [0.25, 0.3) is 0 Å². The highest BCUT2D eigenvalue weighted by Crippen LogP contribution is 2.17. The number of rotatable bonds is 5. The first-order valence-electron chi connectivity index (χ1n) is 3.53. The maximum Gasteiger partial charge on any atom is 0.173 e. The molecule has 0 bridgehead atoms. The fourth-order valence-corrected chi connectivity index (χ4v) is 1.28. The zero-order chi connectivity index (χ0) is 7.94. The van der Waals surface area contributed by atoms with Crippen LogP contribution in [-0.2, 0) is 4.79 Å². The summed E-state index contributed by atoms with van der Waals surface area (Å²) in [6, 6.07) is 3.87. The molecule has 1 aromatic rings. The largest absolute Gasteiger partial charge is 0.484 e. The summed E-state index contributed by atoms with van der Waals surface area (Å²) in [4.78, 5) is 9.91. The van der Waals surface area contributed by atoms with Gasteiger partial charge in [-0.15, -0.1) is 11.3 Å². The lowest BCUT2D eigenvalue weighted by atomic mass is 10.3. The fraction of sp³-hybridized carbons (Fsp3) is 0.375. The molecular formula is C8H10O2S. The zero-order valence-corrected chi connectivity index (χ0v) is 6.97. The SMILES string of the molecule is O=CCCCOc1cccs1. The normalized spacial score (nSPS) is 9.45. The molecule has 0 aromatic carbocycles. The second kappa shape index (κ2) is 4.91. The van der Waals surface area contributed by atoms with Crippen LogP contribution >= 0.6 is 11.3 Å². The first kappa shape index (κ1) is 8.27. The van der Waals surface area contributed by atoms with Gasteiger partial charge in [0.25, 0.3) is 0 Å². The number of thiophene rings is 1. The summed E-state index contributed by atoms with van der Waals surface area (Å²) >= 11 is 1.57. The Hall–Kier alpha value is -0.830. The lowest BCUT2D eigenvalue weighted by Gasteiger charge is -1.99. The minimum absolute atomic E-state index is 0.589. The predicted molar refractivity (Wildman–Crippen MR) is 45.1 cm³/mol. The van der Waals surface area contributed by atoms with Gasteiger partial charge in [0.05, 0.1) is 6.61 Å². The van der Waals surface area contributed by atoms with Crippen molar-refractivity contribution in [1.82, 2.24) is 0 Å². The summed E-state index contributed by atoms with van der Waals surface area (Å²) in [7, 11) is 0. The Balaban J connectivity index is 2.09. The molecule has 0 aliphatic heterocycles. The van der Waals surface area contributed by atoms with Gasteiger partial charge in [-0.25, -0.2) is 0 Å². The van der Waals surface area contributed by atoms with Crippen molar-refractivity contribution in [2.24, 2.45) is 0 Å². The van der Waals surface area contributed by atoms with E-state index in [-0.39, 0.29) is 0 Å². The Morgan fingerprint density at radius 3 is 3.18 bits per heavy atom. The van der Waals surface area contributed by atoms with E-state index in [2.05, 4.69) is 0 Å². The summed E-state index contributed by atoms with van der Waals surface area (Å²) in [5, 5.41) is 2.89. The third kappa shape index (κ3) is 3.18. The van der Waals surface area contributed by atoms with E-state index in [1.54, 1.807) is 11.3 Å². The molecule has 2 nitrogen and oxygen atoms in total. The number of aldehydes is 1. The maximum atomic E-state index is 9.91. The van der Waals surface area contributed by atoms with Crippen molar-refractivity contribution in [2.45, 2.75) is 12.8 Å². The monoisotopic (exact) mass is 170 g/mol.